The number of ether oxygens (including phenoxy) is 2. The number of aliphatic hydroxyl groups excluding tert-OH is 1. The molecule has 1 aliphatic rings. The SMILES string of the molecule is COc1ccc(N2CCN(C[C@H](O)COc3ccccc3C(C)=O)CC2)cc1. The van der Waals surface area contributed by atoms with E-state index in [1.54, 1.807) is 19.2 Å². The minimum Gasteiger partial charge on any atom is -0.497 e. The van der Waals surface area contributed by atoms with E-state index in [9.17, 15) is 9.90 Å². The summed E-state index contributed by atoms with van der Waals surface area (Å²) >= 11 is 0. The second-order valence-corrected chi connectivity index (χ2v) is 7.00. The molecular formula is C22H28N2O4. The second-order valence-electron chi connectivity index (χ2n) is 7.00. The van der Waals surface area contributed by atoms with E-state index in [1.807, 2.05) is 24.3 Å². The molecule has 6 heteroatoms. The van der Waals surface area contributed by atoms with Crippen molar-refractivity contribution < 1.29 is 19.4 Å². The topological polar surface area (TPSA) is 62.2 Å². The first-order valence-electron chi connectivity index (χ1n) is 9.59. The van der Waals surface area contributed by atoms with Crippen LogP contribution in [0.1, 0.15) is 17.3 Å². The van der Waals surface area contributed by atoms with Crippen molar-refractivity contribution in [1.29, 1.82) is 0 Å². The molecule has 0 amide bonds. The van der Waals surface area contributed by atoms with Crippen molar-refractivity contribution >= 4 is 11.5 Å². The Morgan fingerprint density at radius 2 is 1.75 bits per heavy atom. The van der Waals surface area contributed by atoms with Crippen LogP contribution in [0.4, 0.5) is 5.69 Å². The van der Waals surface area contributed by atoms with Crippen molar-refractivity contribution in [2.75, 3.05) is 51.3 Å². The smallest absolute Gasteiger partial charge is 0.163 e. The Balaban J connectivity index is 1.45. The molecule has 0 radical (unpaired) electrons. The van der Waals surface area contributed by atoms with E-state index in [4.69, 9.17) is 9.47 Å². The van der Waals surface area contributed by atoms with Crippen LogP contribution in [0, 0.1) is 0 Å². The van der Waals surface area contributed by atoms with Crippen LogP contribution in [0.2, 0.25) is 0 Å². The highest BCUT2D eigenvalue weighted by atomic mass is 16.5. The number of para-hydroxylation sites is 1. The molecule has 6 nitrogen and oxygen atoms in total. The van der Waals surface area contributed by atoms with Gasteiger partial charge in [0, 0.05) is 38.4 Å². The highest BCUT2D eigenvalue weighted by Gasteiger charge is 2.20. The predicted molar refractivity (Wildman–Crippen MR) is 110 cm³/mol. The van der Waals surface area contributed by atoms with Crippen molar-refractivity contribution in [2.24, 2.45) is 0 Å². The number of hydrogen-bond acceptors (Lipinski definition) is 6. The Hall–Kier alpha value is -2.57. The Morgan fingerprint density at radius 3 is 2.39 bits per heavy atom. The molecule has 1 aliphatic heterocycles. The fourth-order valence-corrected chi connectivity index (χ4v) is 3.40. The van der Waals surface area contributed by atoms with E-state index >= 15 is 0 Å². The summed E-state index contributed by atoms with van der Waals surface area (Å²) in [6.07, 6.45) is -0.604. The molecule has 1 N–H and O–H groups in total. The molecule has 3 rings (SSSR count). The molecule has 28 heavy (non-hydrogen) atoms. The first-order valence-corrected chi connectivity index (χ1v) is 9.59. The molecular weight excluding hydrogens is 356 g/mol. The highest BCUT2D eigenvalue weighted by Crippen LogP contribution is 2.21. The van der Waals surface area contributed by atoms with Gasteiger partial charge in [-0.15, -0.1) is 0 Å². The zero-order valence-electron chi connectivity index (χ0n) is 16.5. The third kappa shape index (κ3) is 5.24. The summed E-state index contributed by atoms with van der Waals surface area (Å²) in [6, 6.07) is 15.2. The molecule has 1 saturated heterocycles. The average molecular weight is 384 g/mol. The first-order chi connectivity index (χ1) is 13.6. The van der Waals surface area contributed by atoms with Gasteiger partial charge in [-0.3, -0.25) is 9.69 Å². The van der Waals surface area contributed by atoms with Crippen LogP contribution in [0.5, 0.6) is 11.5 Å². The summed E-state index contributed by atoms with van der Waals surface area (Å²) in [5, 5.41) is 10.4. The van der Waals surface area contributed by atoms with Crippen LogP contribution < -0.4 is 14.4 Å². The molecule has 0 bridgehead atoms. The van der Waals surface area contributed by atoms with Crippen molar-refractivity contribution in [3.63, 3.8) is 0 Å². The average Bonchev–Trinajstić information content (AvgIpc) is 2.73. The van der Waals surface area contributed by atoms with Crippen molar-refractivity contribution in [1.82, 2.24) is 4.90 Å². The summed E-state index contributed by atoms with van der Waals surface area (Å²) in [7, 11) is 1.67. The number of rotatable bonds is 8. The first kappa shape index (κ1) is 20.2. The maximum absolute atomic E-state index is 11.6. The lowest BCUT2D eigenvalue weighted by Gasteiger charge is -2.36. The van der Waals surface area contributed by atoms with Crippen molar-refractivity contribution in [3.05, 3.63) is 54.1 Å². The van der Waals surface area contributed by atoms with Gasteiger partial charge in [-0.05, 0) is 43.3 Å². The number of carbonyl (C=O) groups excluding carboxylic acids is 1. The summed E-state index contributed by atoms with van der Waals surface area (Å²) < 4.78 is 10.9. The lowest BCUT2D eigenvalue weighted by atomic mass is 10.1. The summed E-state index contributed by atoms with van der Waals surface area (Å²) in [5.41, 5.74) is 1.73. The summed E-state index contributed by atoms with van der Waals surface area (Å²) in [4.78, 5) is 16.2. The number of benzene rings is 2. The Kier molecular flexibility index (Phi) is 6.90. The summed E-state index contributed by atoms with van der Waals surface area (Å²) in [5.74, 6) is 1.34. The molecule has 150 valence electrons. The predicted octanol–water partition coefficient (Wildman–Crippen LogP) is 2.46. The third-order valence-corrected chi connectivity index (χ3v) is 4.98. The molecule has 1 atom stereocenters. The van der Waals surface area contributed by atoms with E-state index in [1.165, 1.54) is 12.6 Å². The van der Waals surface area contributed by atoms with Crippen molar-refractivity contribution in [2.45, 2.75) is 13.0 Å². The number of anilines is 1. The number of aliphatic hydroxyl groups is 1. The number of carbonyl (C=O) groups is 1. The van der Waals surface area contributed by atoms with E-state index < -0.39 is 6.10 Å². The quantitative estimate of drug-likeness (QED) is 0.706. The van der Waals surface area contributed by atoms with Crippen molar-refractivity contribution in [3.8, 4) is 11.5 Å². The summed E-state index contributed by atoms with van der Waals surface area (Å²) in [6.45, 7) is 5.82. The monoisotopic (exact) mass is 384 g/mol. The highest BCUT2D eigenvalue weighted by molar-refractivity contribution is 5.96. The zero-order chi connectivity index (χ0) is 19.9. The molecule has 0 saturated carbocycles. The van der Waals surface area contributed by atoms with E-state index in [0.29, 0.717) is 17.9 Å². The van der Waals surface area contributed by atoms with Gasteiger partial charge in [0.1, 0.15) is 24.2 Å². The minimum absolute atomic E-state index is 0.0419. The lowest BCUT2D eigenvalue weighted by Crippen LogP contribution is -2.49. The molecule has 1 heterocycles. The van der Waals surface area contributed by atoms with Gasteiger partial charge in [0.15, 0.2) is 5.78 Å². The maximum atomic E-state index is 11.6. The fraction of sp³-hybridized carbons (Fsp3) is 0.409. The zero-order valence-corrected chi connectivity index (χ0v) is 16.5. The molecule has 0 spiro atoms. The minimum atomic E-state index is -0.604. The number of piperazine rings is 1. The van der Waals surface area contributed by atoms with Crippen LogP contribution >= 0.6 is 0 Å². The number of methoxy groups -OCH3 is 1. The van der Waals surface area contributed by atoms with Gasteiger partial charge in [-0.2, -0.15) is 0 Å². The molecule has 0 unspecified atom stereocenters. The normalized spacial score (nSPS) is 15.9. The number of hydrogen-bond donors (Lipinski definition) is 1. The van der Waals surface area contributed by atoms with Gasteiger partial charge < -0.3 is 19.5 Å². The lowest BCUT2D eigenvalue weighted by molar-refractivity contribution is 0.0656. The molecule has 0 aliphatic carbocycles. The van der Waals surface area contributed by atoms with Gasteiger partial charge >= 0.3 is 0 Å². The van der Waals surface area contributed by atoms with Gasteiger partial charge in [-0.1, -0.05) is 12.1 Å². The van der Waals surface area contributed by atoms with Gasteiger partial charge in [0.05, 0.1) is 12.7 Å². The number of nitrogens with zero attached hydrogens (tertiary/aromatic N) is 2. The Labute approximate surface area is 166 Å². The number of Topliss-reactive ketones (excluding diaryl/α,β-unsaturated/α-hetero) is 1. The van der Waals surface area contributed by atoms with Crippen LogP contribution in [-0.4, -0.2) is 68.3 Å². The molecule has 2 aromatic rings. The van der Waals surface area contributed by atoms with Gasteiger partial charge in [-0.25, -0.2) is 0 Å². The standard InChI is InChI=1S/C22H28N2O4/c1-17(25)21-5-3-4-6-22(21)28-16-19(26)15-23-11-13-24(14-12-23)18-7-9-20(27-2)10-8-18/h3-10,19,26H,11-16H2,1-2H3/t19-/m0/s1. The molecule has 2 aromatic carbocycles. The number of β-amino-alcohol motifs (C(OH)–C–C–N with tert-alkyl or cyclic N) is 1. The fourth-order valence-electron chi connectivity index (χ4n) is 3.40. The second kappa shape index (κ2) is 9.57. The molecule has 0 aromatic heterocycles. The van der Waals surface area contributed by atoms with E-state index in [-0.39, 0.29) is 12.4 Å². The maximum Gasteiger partial charge on any atom is 0.163 e. The molecule has 1 fully saturated rings. The van der Waals surface area contributed by atoms with Gasteiger partial charge in [0.2, 0.25) is 0 Å². The van der Waals surface area contributed by atoms with Crippen LogP contribution in [-0.2, 0) is 0 Å². The van der Waals surface area contributed by atoms with Crippen LogP contribution in [0.25, 0.3) is 0 Å². The van der Waals surface area contributed by atoms with E-state index in [0.717, 1.165) is 31.9 Å². The van der Waals surface area contributed by atoms with Gasteiger partial charge in [0.25, 0.3) is 0 Å². The third-order valence-electron chi connectivity index (χ3n) is 4.98. The Morgan fingerprint density at radius 1 is 1.07 bits per heavy atom. The Bertz CT molecular complexity index is 770. The van der Waals surface area contributed by atoms with E-state index in [2.05, 4.69) is 21.9 Å². The van der Waals surface area contributed by atoms with Crippen LogP contribution in [0.15, 0.2) is 48.5 Å². The van der Waals surface area contributed by atoms with Crippen LogP contribution in [0.3, 0.4) is 0 Å². The number of ketones is 1. The largest absolute Gasteiger partial charge is 0.497 e.